The second-order valence-electron chi connectivity index (χ2n) is 6.01. The first kappa shape index (κ1) is 19.7. The summed E-state index contributed by atoms with van der Waals surface area (Å²) in [5.74, 6) is 0.0452. The maximum atomic E-state index is 13.0. The Balaban J connectivity index is 1.59. The van der Waals surface area contributed by atoms with Crippen LogP contribution in [0, 0.1) is 0 Å². The SMILES string of the molecule is COc1cn(-c2cccc(C(F)(F)F)c2)nc1C(=O)Nc1nc(-c2ccco2)cs1. The molecule has 30 heavy (non-hydrogen) atoms. The number of methoxy groups -OCH3 is 1. The normalized spacial score (nSPS) is 11.5. The number of rotatable bonds is 5. The van der Waals surface area contributed by atoms with E-state index in [0.717, 1.165) is 16.8 Å². The molecular weight excluding hydrogens is 421 g/mol. The molecule has 154 valence electrons. The van der Waals surface area contributed by atoms with Crippen molar-refractivity contribution >= 4 is 22.4 Å². The minimum atomic E-state index is -4.50. The van der Waals surface area contributed by atoms with Crippen molar-refractivity contribution in [3.63, 3.8) is 0 Å². The molecule has 0 saturated heterocycles. The molecule has 0 spiro atoms. The highest BCUT2D eigenvalue weighted by Crippen LogP contribution is 2.31. The van der Waals surface area contributed by atoms with Gasteiger partial charge in [0.1, 0.15) is 5.69 Å². The van der Waals surface area contributed by atoms with Crippen molar-refractivity contribution in [2.24, 2.45) is 0 Å². The average molecular weight is 434 g/mol. The van der Waals surface area contributed by atoms with E-state index in [1.54, 1.807) is 17.5 Å². The molecule has 0 aliphatic heterocycles. The Kier molecular flexibility index (Phi) is 5.04. The highest BCUT2D eigenvalue weighted by Gasteiger charge is 2.31. The number of hydrogen-bond donors (Lipinski definition) is 1. The summed E-state index contributed by atoms with van der Waals surface area (Å²) in [7, 11) is 1.34. The van der Waals surface area contributed by atoms with E-state index in [1.807, 2.05) is 0 Å². The van der Waals surface area contributed by atoms with E-state index in [2.05, 4.69) is 15.4 Å². The van der Waals surface area contributed by atoms with Crippen LogP contribution in [0.25, 0.3) is 17.1 Å². The van der Waals surface area contributed by atoms with E-state index in [9.17, 15) is 18.0 Å². The van der Waals surface area contributed by atoms with Crippen LogP contribution in [-0.2, 0) is 6.18 Å². The Morgan fingerprint density at radius 2 is 2.10 bits per heavy atom. The number of nitrogens with one attached hydrogen (secondary N) is 1. The molecule has 0 aliphatic rings. The molecule has 1 N–H and O–H groups in total. The summed E-state index contributed by atoms with van der Waals surface area (Å²) < 4.78 is 50.5. The summed E-state index contributed by atoms with van der Waals surface area (Å²) in [4.78, 5) is 16.9. The molecule has 3 heterocycles. The lowest BCUT2D eigenvalue weighted by atomic mass is 10.2. The highest BCUT2D eigenvalue weighted by atomic mass is 32.1. The molecule has 4 rings (SSSR count). The Bertz CT molecular complexity index is 1180. The lowest BCUT2D eigenvalue weighted by Crippen LogP contribution is -2.14. The van der Waals surface area contributed by atoms with Crippen molar-refractivity contribution < 1.29 is 27.1 Å². The third-order valence-corrected chi connectivity index (χ3v) is 4.81. The first-order chi connectivity index (χ1) is 14.3. The minimum absolute atomic E-state index is 0.0929. The van der Waals surface area contributed by atoms with Gasteiger partial charge < -0.3 is 9.15 Å². The van der Waals surface area contributed by atoms with Gasteiger partial charge in [-0.15, -0.1) is 11.3 Å². The third kappa shape index (κ3) is 3.92. The number of furan rings is 1. The molecule has 0 bridgehead atoms. The number of benzene rings is 1. The number of thiazole rings is 1. The molecule has 4 aromatic rings. The third-order valence-electron chi connectivity index (χ3n) is 4.05. The maximum absolute atomic E-state index is 13.0. The number of hydrogen-bond acceptors (Lipinski definition) is 6. The summed E-state index contributed by atoms with van der Waals surface area (Å²) in [5, 5.41) is 8.73. The van der Waals surface area contributed by atoms with Crippen LogP contribution in [0.2, 0.25) is 0 Å². The molecule has 0 atom stereocenters. The molecule has 0 unspecified atom stereocenters. The molecule has 11 heteroatoms. The number of alkyl halides is 3. The summed E-state index contributed by atoms with van der Waals surface area (Å²) in [5.41, 5.74) is -0.225. The van der Waals surface area contributed by atoms with Crippen molar-refractivity contribution in [3.8, 4) is 22.9 Å². The van der Waals surface area contributed by atoms with Gasteiger partial charge >= 0.3 is 6.18 Å². The van der Waals surface area contributed by atoms with Gasteiger partial charge in [0.05, 0.1) is 30.8 Å². The fourth-order valence-corrected chi connectivity index (χ4v) is 3.34. The predicted molar refractivity (Wildman–Crippen MR) is 103 cm³/mol. The van der Waals surface area contributed by atoms with Crippen molar-refractivity contribution in [3.05, 3.63) is 65.5 Å². The van der Waals surface area contributed by atoms with Gasteiger partial charge in [0.25, 0.3) is 5.91 Å². The van der Waals surface area contributed by atoms with Crippen molar-refractivity contribution in [1.82, 2.24) is 14.8 Å². The molecular formula is C19H13F3N4O3S. The van der Waals surface area contributed by atoms with Crippen LogP contribution in [0.15, 0.2) is 58.7 Å². The predicted octanol–water partition coefficient (Wildman–Crippen LogP) is 4.87. The van der Waals surface area contributed by atoms with Gasteiger partial charge in [-0.3, -0.25) is 10.1 Å². The number of ether oxygens (including phenoxy) is 1. The Morgan fingerprint density at radius 3 is 2.80 bits per heavy atom. The van der Waals surface area contributed by atoms with E-state index in [-0.39, 0.29) is 17.1 Å². The zero-order valence-electron chi connectivity index (χ0n) is 15.3. The summed E-state index contributed by atoms with van der Waals surface area (Å²) in [6.07, 6.45) is -1.65. The van der Waals surface area contributed by atoms with Crippen molar-refractivity contribution in [2.75, 3.05) is 12.4 Å². The molecule has 0 radical (unpaired) electrons. The summed E-state index contributed by atoms with van der Waals surface area (Å²) in [6.45, 7) is 0. The van der Waals surface area contributed by atoms with Gasteiger partial charge in [-0.25, -0.2) is 9.67 Å². The van der Waals surface area contributed by atoms with Crippen molar-refractivity contribution in [1.29, 1.82) is 0 Å². The Morgan fingerprint density at radius 1 is 1.27 bits per heavy atom. The Labute approximate surface area is 171 Å². The van der Waals surface area contributed by atoms with Gasteiger partial charge in [0, 0.05) is 5.38 Å². The number of amides is 1. The average Bonchev–Trinajstić information content (AvgIpc) is 3.47. The van der Waals surface area contributed by atoms with E-state index in [1.165, 1.54) is 43.0 Å². The lowest BCUT2D eigenvalue weighted by Gasteiger charge is -2.08. The van der Waals surface area contributed by atoms with Crippen LogP contribution >= 0.6 is 11.3 Å². The van der Waals surface area contributed by atoms with Crippen LogP contribution < -0.4 is 10.1 Å². The molecule has 1 aromatic carbocycles. The highest BCUT2D eigenvalue weighted by molar-refractivity contribution is 7.14. The van der Waals surface area contributed by atoms with E-state index < -0.39 is 17.6 Å². The molecule has 0 aliphatic carbocycles. The maximum Gasteiger partial charge on any atom is 0.416 e. The van der Waals surface area contributed by atoms with E-state index >= 15 is 0 Å². The Hall–Kier alpha value is -3.60. The van der Waals surface area contributed by atoms with Gasteiger partial charge in [0.2, 0.25) is 0 Å². The monoisotopic (exact) mass is 434 g/mol. The van der Waals surface area contributed by atoms with Crippen LogP contribution in [0.4, 0.5) is 18.3 Å². The van der Waals surface area contributed by atoms with E-state index in [0.29, 0.717) is 16.6 Å². The minimum Gasteiger partial charge on any atom is -0.493 e. The van der Waals surface area contributed by atoms with Crippen LogP contribution in [0.1, 0.15) is 16.1 Å². The zero-order valence-corrected chi connectivity index (χ0v) is 16.1. The smallest absolute Gasteiger partial charge is 0.416 e. The molecule has 0 saturated carbocycles. The number of carbonyl (C=O) groups is 1. The topological polar surface area (TPSA) is 82.2 Å². The van der Waals surface area contributed by atoms with Crippen LogP contribution in [-0.4, -0.2) is 27.8 Å². The fourth-order valence-electron chi connectivity index (χ4n) is 2.65. The first-order valence-electron chi connectivity index (χ1n) is 8.47. The zero-order chi connectivity index (χ0) is 21.3. The van der Waals surface area contributed by atoms with Gasteiger partial charge in [-0.2, -0.15) is 18.3 Å². The number of nitrogens with zero attached hydrogens (tertiary/aromatic N) is 3. The molecule has 3 aromatic heterocycles. The standard InChI is InChI=1S/C19H13F3N4O3S/c1-28-15-9-26(12-5-2-4-11(8-12)19(20,21)22)25-16(15)17(27)24-18-23-13(10-30-18)14-6-3-7-29-14/h2-10H,1H3,(H,23,24,27). The number of halogens is 3. The number of aromatic nitrogens is 3. The molecule has 7 nitrogen and oxygen atoms in total. The van der Waals surface area contributed by atoms with Crippen LogP contribution in [0.5, 0.6) is 5.75 Å². The quantitative estimate of drug-likeness (QED) is 0.485. The first-order valence-corrected chi connectivity index (χ1v) is 9.35. The van der Waals surface area contributed by atoms with E-state index in [4.69, 9.17) is 9.15 Å². The largest absolute Gasteiger partial charge is 0.493 e. The number of anilines is 1. The van der Waals surface area contributed by atoms with Gasteiger partial charge in [-0.05, 0) is 30.3 Å². The molecule has 0 fully saturated rings. The molecule has 1 amide bonds. The second-order valence-corrected chi connectivity index (χ2v) is 6.87. The van der Waals surface area contributed by atoms with Gasteiger partial charge in [0.15, 0.2) is 22.3 Å². The van der Waals surface area contributed by atoms with Crippen molar-refractivity contribution in [2.45, 2.75) is 6.18 Å². The lowest BCUT2D eigenvalue weighted by molar-refractivity contribution is -0.137. The number of carbonyl (C=O) groups excluding carboxylic acids is 1. The second kappa shape index (κ2) is 7.67. The van der Waals surface area contributed by atoms with Crippen LogP contribution in [0.3, 0.4) is 0 Å². The summed E-state index contributed by atoms with van der Waals surface area (Å²) >= 11 is 1.19. The summed E-state index contributed by atoms with van der Waals surface area (Å²) in [6, 6.07) is 8.05. The van der Waals surface area contributed by atoms with Gasteiger partial charge in [-0.1, -0.05) is 6.07 Å². The fraction of sp³-hybridized carbons (Fsp3) is 0.105.